The predicted octanol–water partition coefficient (Wildman–Crippen LogP) is 5.68. The molecule has 3 aromatic heterocycles. The van der Waals surface area contributed by atoms with Crippen molar-refractivity contribution in [3.8, 4) is 17.5 Å². The lowest BCUT2D eigenvalue weighted by Crippen LogP contribution is -2.18. The second-order valence-corrected chi connectivity index (χ2v) is 10.9. The summed E-state index contributed by atoms with van der Waals surface area (Å²) in [5.74, 6) is 0.108. The molecule has 1 saturated carbocycles. The molecule has 9 heteroatoms. The molecule has 1 fully saturated rings. The van der Waals surface area contributed by atoms with E-state index >= 15 is 0 Å². The summed E-state index contributed by atoms with van der Waals surface area (Å²) in [5, 5.41) is 10.0. The number of benzene rings is 2. The van der Waals surface area contributed by atoms with Crippen molar-refractivity contribution in [3.63, 3.8) is 0 Å². The summed E-state index contributed by atoms with van der Waals surface area (Å²) in [4.78, 5) is 9.41. The second-order valence-electron chi connectivity index (χ2n) is 9.08. The summed E-state index contributed by atoms with van der Waals surface area (Å²) >= 11 is 0. The van der Waals surface area contributed by atoms with Gasteiger partial charge in [0.2, 0.25) is 0 Å². The van der Waals surface area contributed by atoms with Crippen LogP contribution in [0.5, 0.6) is 0 Å². The molecule has 6 rings (SSSR count). The molecule has 0 amide bonds. The number of fused-ring (bicyclic) bond motifs is 3. The van der Waals surface area contributed by atoms with Gasteiger partial charge in [-0.15, -0.1) is 0 Å². The number of aromatic nitrogens is 4. The molecule has 3 heterocycles. The number of pyridine rings is 1. The Balaban J connectivity index is 1.60. The van der Waals surface area contributed by atoms with E-state index < -0.39 is 10.0 Å². The number of nitrogens with zero attached hydrogens (tertiary/aromatic N) is 5. The smallest absolute Gasteiger partial charge is 0.269 e. The topological polar surface area (TPSA) is 93.6 Å². The average Bonchev–Trinajstić information content (AvgIpc) is 3.52. The summed E-state index contributed by atoms with van der Waals surface area (Å²) in [6, 6.07) is 18.8. The van der Waals surface area contributed by atoms with Crippen LogP contribution in [0.1, 0.15) is 31.7 Å². The number of nitriles is 1. The van der Waals surface area contributed by atoms with Crippen molar-refractivity contribution in [2.24, 2.45) is 5.92 Å². The third-order valence-corrected chi connectivity index (χ3v) is 8.67. The normalized spacial score (nSPS) is 18.4. The van der Waals surface area contributed by atoms with E-state index in [1.807, 2.05) is 4.57 Å². The van der Waals surface area contributed by atoms with Gasteiger partial charge in [-0.2, -0.15) is 5.26 Å². The molecule has 0 radical (unpaired) electrons. The number of imidazole rings is 1. The van der Waals surface area contributed by atoms with Crippen molar-refractivity contribution >= 4 is 32.1 Å². The van der Waals surface area contributed by atoms with Gasteiger partial charge in [-0.3, -0.25) is 0 Å². The van der Waals surface area contributed by atoms with Crippen LogP contribution in [0.25, 0.3) is 33.5 Å². The standard InChI is InChI=1S/C27H22FN5O2S/c28-23-9-5-4-8-21(23)27-31-24-17-30-26-22(25(24)33(27)19-12-10-18(16-29)11-13-19)14-15-32(26)36(34,35)20-6-2-1-3-7-20/h1-9,14-15,17-19H,10-13H2/t18-,19-. The lowest BCUT2D eigenvalue weighted by atomic mass is 9.86. The molecule has 0 bridgehead atoms. The summed E-state index contributed by atoms with van der Waals surface area (Å²) in [6.45, 7) is 0. The van der Waals surface area contributed by atoms with Crippen LogP contribution in [0.15, 0.2) is 78.0 Å². The van der Waals surface area contributed by atoms with Gasteiger partial charge in [0.25, 0.3) is 10.0 Å². The van der Waals surface area contributed by atoms with Crippen molar-refractivity contribution < 1.29 is 12.8 Å². The number of halogens is 1. The van der Waals surface area contributed by atoms with Crippen molar-refractivity contribution in [1.29, 1.82) is 5.26 Å². The first-order valence-corrected chi connectivity index (χ1v) is 13.3. The molecule has 0 atom stereocenters. The molecule has 0 spiro atoms. The van der Waals surface area contributed by atoms with Gasteiger partial charge in [0.15, 0.2) is 5.65 Å². The molecule has 7 nitrogen and oxygen atoms in total. The molecule has 180 valence electrons. The summed E-state index contributed by atoms with van der Waals surface area (Å²) in [7, 11) is -3.86. The van der Waals surface area contributed by atoms with Crippen molar-refractivity contribution in [1.82, 2.24) is 18.5 Å². The van der Waals surface area contributed by atoms with E-state index in [1.165, 1.54) is 16.2 Å². The Hall–Kier alpha value is -4.03. The molecular weight excluding hydrogens is 477 g/mol. The average molecular weight is 500 g/mol. The molecule has 5 aromatic rings. The Labute approximate surface area is 207 Å². The Bertz CT molecular complexity index is 1740. The molecule has 0 saturated heterocycles. The number of hydrogen-bond acceptors (Lipinski definition) is 5. The SMILES string of the molecule is N#C[C@H]1CC[C@H](n2c(-c3ccccc3F)nc3cnc4c(ccn4S(=O)(=O)c4ccccc4)c32)CC1. The predicted molar refractivity (Wildman–Crippen MR) is 134 cm³/mol. The van der Waals surface area contributed by atoms with Gasteiger partial charge in [0.05, 0.1) is 28.2 Å². The van der Waals surface area contributed by atoms with E-state index in [1.54, 1.807) is 60.8 Å². The van der Waals surface area contributed by atoms with Gasteiger partial charge in [-0.1, -0.05) is 30.3 Å². The van der Waals surface area contributed by atoms with Gasteiger partial charge < -0.3 is 4.57 Å². The van der Waals surface area contributed by atoms with Gasteiger partial charge in [-0.25, -0.2) is 26.7 Å². The zero-order valence-electron chi connectivity index (χ0n) is 19.3. The van der Waals surface area contributed by atoms with E-state index in [0.29, 0.717) is 27.9 Å². The molecule has 0 aliphatic heterocycles. The van der Waals surface area contributed by atoms with E-state index in [4.69, 9.17) is 4.98 Å². The summed E-state index contributed by atoms with van der Waals surface area (Å²) in [6.07, 6.45) is 6.04. The molecular formula is C27H22FN5O2S. The van der Waals surface area contributed by atoms with Crippen LogP contribution in [0.2, 0.25) is 0 Å². The zero-order chi connectivity index (χ0) is 24.9. The summed E-state index contributed by atoms with van der Waals surface area (Å²) < 4.78 is 44.9. The van der Waals surface area contributed by atoms with Crippen molar-refractivity contribution in [2.45, 2.75) is 36.6 Å². The summed E-state index contributed by atoms with van der Waals surface area (Å²) in [5.41, 5.74) is 1.96. The fourth-order valence-electron chi connectivity index (χ4n) is 5.20. The third kappa shape index (κ3) is 3.48. The minimum Gasteiger partial charge on any atom is -0.320 e. The van der Waals surface area contributed by atoms with Gasteiger partial charge >= 0.3 is 0 Å². The highest BCUT2D eigenvalue weighted by Gasteiger charge is 2.29. The van der Waals surface area contributed by atoms with E-state index in [2.05, 4.69) is 11.1 Å². The minimum atomic E-state index is -3.86. The van der Waals surface area contributed by atoms with Gasteiger partial charge in [-0.05, 0) is 56.0 Å². The third-order valence-electron chi connectivity index (χ3n) is 6.99. The quantitative estimate of drug-likeness (QED) is 0.317. The molecule has 1 aliphatic rings. The minimum absolute atomic E-state index is 0.00566. The first kappa shape index (κ1) is 22.4. The monoisotopic (exact) mass is 499 g/mol. The van der Waals surface area contributed by atoms with Gasteiger partial charge in [0, 0.05) is 23.5 Å². The van der Waals surface area contributed by atoms with E-state index in [-0.39, 0.29) is 22.7 Å². The van der Waals surface area contributed by atoms with Crippen LogP contribution in [0.4, 0.5) is 4.39 Å². The Morgan fingerprint density at radius 2 is 1.69 bits per heavy atom. The van der Waals surface area contributed by atoms with Gasteiger partial charge in [0.1, 0.15) is 17.2 Å². The van der Waals surface area contributed by atoms with Crippen LogP contribution in [0.3, 0.4) is 0 Å². The Morgan fingerprint density at radius 1 is 0.972 bits per heavy atom. The van der Waals surface area contributed by atoms with Crippen LogP contribution in [-0.2, 0) is 10.0 Å². The van der Waals surface area contributed by atoms with Crippen LogP contribution in [-0.4, -0.2) is 26.9 Å². The highest BCUT2D eigenvalue weighted by molar-refractivity contribution is 7.90. The maximum absolute atomic E-state index is 14.9. The Kier molecular flexibility index (Phi) is 5.34. The second kappa shape index (κ2) is 8.57. The highest BCUT2D eigenvalue weighted by Crippen LogP contribution is 2.40. The fraction of sp³-hybridized carbons (Fsp3) is 0.222. The van der Waals surface area contributed by atoms with E-state index in [9.17, 15) is 18.1 Å². The molecule has 1 aliphatic carbocycles. The Morgan fingerprint density at radius 3 is 2.42 bits per heavy atom. The highest BCUT2D eigenvalue weighted by atomic mass is 32.2. The molecule has 2 aromatic carbocycles. The van der Waals surface area contributed by atoms with Crippen LogP contribution >= 0.6 is 0 Å². The molecule has 36 heavy (non-hydrogen) atoms. The number of hydrogen-bond donors (Lipinski definition) is 0. The van der Waals surface area contributed by atoms with Crippen molar-refractivity contribution in [3.05, 3.63) is 78.9 Å². The zero-order valence-corrected chi connectivity index (χ0v) is 20.1. The first-order chi connectivity index (χ1) is 17.5. The molecule has 0 unspecified atom stereocenters. The van der Waals surface area contributed by atoms with Crippen LogP contribution < -0.4 is 0 Å². The maximum Gasteiger partial charge on any atom is 0.269 e. The largest absolute Gasteiger partial charge is 0.320 e. The first-order valence-electron chi connectivity index (χ1n) is 11.8. The van der Waals surface area contributed by atoms with Crippen molar-refractivity contribution in [2.75, 3.05) is 0 Å². The lowest BCUT2D eigenvalue weighted by Gasteiger charge is -2.28. The fourth-order valence-corrected chi connectivity index (χ4v) is 6.52. The van der Waals surface area contributed by atoms with Crippen LogP contribution in [0, 0.1) is 23.1 Å². The lowest BCUT2D eigenvalue weighted by molar-refractivity contribution is 0.320. The maximum atomic E-state index is 14.9. The number of rotatable bonds is 4. The van der Waals surface area contributed by atoms with E-state index in [0.717, 1.165) is 31.2 Å². The molecule has 0 N–H and O–H groups in total.